The number of Topliss-reactive ketones (excluding diaryl/α,β-unsaturated/α-hetero) is 1. The second-order valence-electron chi connectivity index (χ2n) is 5.47. The van der Waals surface area contributed by atoms with Crippen LogP contribution >= 0.6 is 0 Å². The molecular weight excluding hydrogens is 228 g/mol. The minimum Gasteiger partial charge on any atom is -0.453 e. The topological polar surface area (TPSA) is 43.4 Å². The van der Waals surface area contributed by atoms with Gasteiger partial charge in [-0.2, -0.15) is 0 Å². The predicted octanol–water partition coefficient (Wildman–Crippen LogP) is 2.34. The van der Waals surface area contributed by atoms with E-state index in [2.05, 4.69) is 6.92 Å². The molecule has 18 heavy (non-hydrogen) atoms. The van der Waals surface area contributed by atoms with Crippen LogP contribution < -0.4 is 0 Å². The van der Waals surface area contributed by atoms with Crippen molar-refractivity contribution in [2.45, 2.75) is 33.3 Å². The minimum absolute atomic E-state index is 0.0314. The number of carbonyl (C=O) groups excluding carboxylic acids is 2. The molecule has 1 saturated carbocycles. The highest BCUT2D eigenvalue weighted by molar-refractivity contribution is 6.01. The Morgan fingerprint density at radius 1 is 1.22 bits per heavy atom. The van der Waals surface area contributed by atoms with Crippen LogP contribution in [0.2, 0.25) is 0 Å². The van der Waals surface area contributed by atoms with Crippen molar-refractivity contribution in [3.05, 3.63) is 34.4 Å². The Morgan fingerprint density at radius 3 is 2.67 bits per heavy atom. The molecule has 3 rings (SSSR count). The van der Waals surface area contributed by atoms with Crippen LogP contribution in [0.5, 0.6) is 0 Å². The van der Waals surface area contributed by atoms with Gasteiger partial charge in [0, 0.05) is 29.1 Å². The molecule has 3 unspecified atom stereocenters. The molecule has 1 aliphatic heterocycles. The van der Waals surface area contributed by atoms with E-state index in [1.807, 2.05) is 19.1 Å². The van der Waals surface area contributed by atoms with Gasteiger partial charge in [-0.05, 0) is 25.3 Å². The number of ketones is 1. The van der Waals surface area contributed by atoms with Gasteiger partial charge in [-0.15, -0.1) is 0 Å². The summed E-state index contributed by atoms with van der Waals surface area (Å²) in [5, 5.41) is 0. The fraction of sp³-hybridized carbons (Fsp3) is 0.467. The van der Waals surface area contributed by atoms with Crippen molar-refractivity contribution in [1.82, 2.24) is 0 Å². The summed E-state index contributed by atoms with van der Waals surface area (Å²) in [5.74, 6) is 0.228. The highest BCUT2D eigenvalue weighted by Crippen LogP contribution is 2.45. The number of carbonyl (C=O) groups is 2. The highest BCUT2D eigenvalue weighted by Gasteiger charge is 2.47. The summed E-state index contributed by atoms with van der Waals surface area (Å²) >= 11 is 0. The molecule has 0 aromatic heterocycles. The normalized spacial score (nSPS) is 34.7. The zero-order valence-corrected chi connectivity index (χ0v) is 10.8. The summed E-state index contributed by atoms with van der Waals surface area (Å²) in [6.45, 7) is 5.82. The first kappa shape index (κ1) is 11.5. The average Bonchev–Trinajstić information content (AvgIpc) is 2.68. The quantitative estimate of drug-likeness (QED) is 0.614. The van der Waals surface area contributed by atoms with Gasteiger partial charge in [-0.3, -0.25) is 4.79 Å². The number of rotatable bonds is 0. The molecule has 1 fully saturated rings. The van der Waals surface area contributed by atoms with E-state index >= 15 is 0 Å². The van der Waals surface area contributed by atoms with Gasteiger partial charge in [-0.25, -0.2) is 4.79 Å². The molecule has 0 amide bonds. The predicted molar refractivity (Wildman–Crippen MR) is 66.7 cm³/mol. The van der Waals surface area contributed by atoms with Crippen molar-refractivity contribution in [2.75, 3.05) is 0 Å². The standard InChI is InChI=1S/C15H16O3/c1-7-4-5-10-9(3)15(17)18-14(10)13-8(2)6-11(16)12(7)13/h4-5,8,13-14H,6H2,1-3H3. The number of allylic oxidation sites excluding steroid dienone is 2. The molecule has 3 aliphatic rings. The fourth-order valence-electron chi connectivity index (χ4n) is 3.32. The summed E-state index contributed by atoms with van der Waals surface area (Å²) in [6, 6.07) is 0. The van der Waals surface area contributed by atoms with Crippen LogP contribution in [0.15, 0.2) is 34.4 Å². The van der Waals surface area contributed by atoms with Crippen molar-refractivity contribution < 1.29 is 14.3 Å². The van der Waals surface area contributed by atoms with Crippen molar-refractivity contribution in [1.29, 1.82) is 0 Å². The molecule has 0 spiro atoms. The molecule has 3 heteroatoms. The minimum atomic E-state index is -0.261. The van der Waals surface area contributed by atoms with Crippen molar-refractivity contribution in [3.8, 4) is 0 Å². The molecule has 3 nitrogen and oxygen atoms in total. The third kappa shape index (κ3) is 1.36. The molecule has 0 radical (unpaired) electrons. The van der Waals surface area contributed by atoms with Crippen molar-refractivity contribution in [2.24, 2.45) is 11.8 Å². The SMILES string of the molecule is CC1=C2C(=O)CC(C)C2C2OC(=O)C(C)=C2C=C1. The molecule has 3 atom stereocenters. The Balaban J connectivity index is 2.17. The fourth-order valence-corrected chi connectivity index (χ4v) is 3.32. The van der Waals surface area contributed by atoms with Crippen LogP contribution in [0.1, 0.15) is 27.2 Å². The lowest BCUT2D eigenvalue weighted by molar-refractivity contribution is -0.141. The van der Waals surface area contributed by atoms with Crippen LogP contribution in [0.4, 0.5) is 0 Å². The maximum Gasteiger partial charge on any atom is 0.334 e. The van der Waals surface area contributed by atoms with Crippen LogP contribution in [0, 0.1) is 11.8 Å². The van der Waals surface area contributed by atoms with E-state index in [1.54, 1.807) is 6.92 Å². The zero-order valence-electron chi connectivity index (χ0n) is 10.8. The molecule has 2 aliphatic carbocycles. The third-order valence-electron chi connectivity index (χ3n) is 4.30. The Morgan fingerprint density at radius 2 is 1.94 bits per heavy atom. The van der Waals surface area contributed by atoms with E-state index in [0.717, 1.165) is 16.7 Å². The van der Waals surface area contributed by atoms with Gasteiger partial charge in [0.05, 0.1) is 0 Å². The lowest BCUT2D eigenvalue weighted by atomic mass is 9.85. The van der Waals surface area contributed by atoms with Crippen molar-refractivity contribution >= 4 is 11.8 Å². The number of fused-ring (bicyclic) bond motifs is 3. The monoisotopic (exact) mass is 244 g/mol. The van der Waals surface area contributed by atoms with E-state index in [9.17, 15) is 9.59 Å². The van der Waals surface area contributed by atoms with Gasteiger partial charge in [0.15, 0.2) is 5.78 Å². The Labute approximate surface area is 106 Å². The number of hydrogen-bond acceptors (Lipinski definition) is 3. The summed E-state index contributed by atoms with van der Waals surface area (Å²) in [7, 11) is 0. The second-order valence-corrected chi connectivity index (χ2v) is 5.47. The number of esters is 1. The van der Waals surface area contributed by atoms with E-state index < -0.39 is 0 Å². The molecular formula is C15H16O3. The van der Waals surface area contributed by atoms with Gasteiger partial charge >= 0.3 is 5.97 Å². The second kappa shape index (κ2) is 3.67. The first-order valence-corrected chi connectivity index (χ1v) is 6.34. The first-order chi connectivity index (χ1) is 8.50. The molecule has 0 saturated heterocycles. The summed E-state index contributed by atoms with van der Waals surface area (Å²) in [4.78, 5) is 23.8. The zero-order chi connectivity index (χ0) is 13.0. The molecule has 94 valence electrons. The lowest BCUT2D eigenvalue weighted by Gasteiger charge is -2.23. The van der Waals surface area contributed by atoms with E-state index in [0.29, 0.717) is 12.0 Å². The summed E-state index contributed by atoms with van der Waals surface area (Å²) in [6.07, 6.45) is 4.18. The number of hydrogen-bond donors (Lipinski definition) is 0. The highest BCUT2D eigenvalue weighted by atomic mass is 16.5. The Kier molecular flexibility index (Phi) is 2.34. The molecule has 1 heterocycles. The van der Waals surface area contributed by atoms with Crippen molar-refractivity contribution in [3.63, 3.8) is 0 Å². The lowest BCUT2D eigenvalue weighted by Crippen LogP contribution is -2.26. The average molecular weight is 244 g/mol. The van der Waals surface area contributed by atoms with E-state index in [-0.39, 0.29) is 29.7 Å². The van der Waals surface area contributed by atoms with Crippen LogP contribution in [-0.2, 0) is 14.3 Å². The Bertz CT molecular complexity index is 548. The summed E-state index contributed by atoms with van der Waals surface area (Å²) in [5.41, 5.74) is 3.50. The maximum absolute atomic E-state index is 12.1. The molecule has 0 aromatic carbocycles. The number of ether oxygens (including phenoxy) is 1. The van der Waals surface area contributed by atoms with Gasteiger partial charge in [0.2, 0.25) is 0 Å². The third-order valence-corrected chi connectivity index (χ3v) is 4.30. The van der Waals surface area contributed by atoms with Gasteiger partial charge in [0.25, 0.3) is 0 Å². The van der Waals surface area contributed by atoms with E-state index in [1.165, 1.54) is 0 Å². The molecule has 0 aromatic rings. The van der Waals surface area contributed by atoms with E-state index in [4.69, 9.17) is 4.74 Å². The van der Waals surface area contributed by atoms with Crippen LogP contribution in [0.25, 0.3) is 0 Å². The van der Waals surface area contributed by atoms with Crippen LogP contribution in [-0.4, -0.2) is 17.9 Å². The smallest absolute Gasteiger partial charge is 0.334 e. The molecule has 0 bridgehead atoms. The van der Waals surface area contributed by atoms with Gasteiger partial charge in [0.1, 0.15) is 6.10 Å². The largest absolute Gasteiger partial charge is 0.453 e. The maximum atomic E-state index is 12.1. The van der Waals surface area contributed by atoms with Gasteiger partial charge < -0.3 is 4.74 Å². The first-order valence-electron chi connectivity index (χ1n) is 6.34. The Hall–Kier alpha value is -1.64. The summed E-state index contributed by atoms with van der Waals surface area (Å²) < 4.78 is 5.49. The van der Waals surface area contributed by atoms with Gasteiger partial charge in [-0.1, -0.05) is 19.1 Å². The van der Waals surface area contributed by atoms with Crippen LogP contribution in [0.3, 0.4) is 0 Å². The molecule has 0 N–H and O–H groups in total.